The smallest absolute Gasteiger partial charge is 0.136 e. The van der Waals surface area contributed by atoms with E-state index in [9.17, 15) is 0 Å². The summed E-state index contributed by atoms with van der Waals surface area (Å²) >= 11 is 0. The maximum absolute atomic E-state index is 4.08. The maximum Gasteiger partial charge on any atom is 0.136 e. The number of nitrogens with zero attached hydrogens (tertiary/aromatic N) is 1. The minimum absolute atomic E-state index is 0.651. The Bertz CT molecular complexity index is 297. The lowest BCUT2D eigenvalue weighted by atomic mass is 10.4. The second-order valence-electron chi connectivity index (χ2n) is 8.58. The molecule has 3 heteroatoms. The van der Waals surface area contributed by atoms with Crippen LogP contribution in [0, 0.1) is 0 Å². The zero-order valence-corrected chi connectivity index (χ0v) is 18.5. The van der Waals surface area contributed by atoms with Gasteiger partial charge in [0, 0.05) is 0 Å². The molecule has 0 heterocycles. The van der Waals surface area contributed by atoms with Crippen molar-refractivity contribution in [1.29, 1.82) is 0 Å². The molecule has 0 saturated heterocycles. The molecule has 0 atom stereocenters. The highest BCUT2D eigenvalue weighted by Crippen LogP contribution is 2.45. The molecular weight excluding hydrogens is 286 g/mol. The van der Waals surface area contributed by atoms with Crippen LogP contribution < -0.4 is 0 Å². The van der Waals surface area contributed by atoms with E-state index in [0.717, 1.165) is 16.6 Å². The van der Waals surface area contributed by atoms with Crippen LogP contribution in [0.1, 0.15) is 55.4 Å². The first-order valence-electron chi connectivity index (χ1n) is 8.83. The Morgan fingerprint density at radius 2 is 1.24 bits per heavy atom. The van der Waals surface area contributed by atoms with Crippen molar-refractivity contribution in [3.05, 3.63) is 12.3 Å². The molecule has 0 aliphatic carbocycles. The molecule has 0 fully saturated rings. The molecule has 0 aromatic carbocycles. The fourth-order valence-corrected chi connectivity index (χ4v) is 13.0. The van der Waals surface area contributed by atoms with Crippen molar-refractivity contribution >= 4 is 16.3 Å². The highest BCUT2D eigenvalue weighted by atomic mass is 28.3. The van der Waals surface area contributed by atoms with Crippen molar-refractivity contribution < 1.29 is 0 Å². The van der Waals surface area contributed by atoms with Crippen molar-refractivity contribution in [2.24, 2.45) is 0 Å². The van der Waals surface area contributed by atoms with Crippen molar-refractivity contribution in [2.75, 3.05) is 6.54 Å². The van der Waals surface area contributed by atoms with Gasteiger partial charge in [-0.3, -0.25) is 0 Å². The van der Waals surface area contributed by atoms with E-state index in [4.69, 9.17) is 0 Å². The molecule has 0 bridgehead atoms. The van der Waals surface area contributed by atoms with E-state index in [1.165, 1.54) is 12.6 Å². The topological polar surface area (TPSA) is 3.24 Å². The summed E-state index contributed by atoms with van der Waals surface area (Å²) in [5.41, 5.74) is 4.66. The molecule has 0 saturated carbocycles. The minimum atomic E-state index is -1.51. The van der Waals surface area contributed by atoms with E-state index in [0.29, 0.717) is 6.04 Å². The Balaban J connectivity index is 5.60. The lowest BCUT2D eigenvalue weighted by Gasteiger charge is -2.53. The minimum Gasteiger partial charge on any atom is -0.321 e. The van der Waals surface area contributed by atoms with E-state index < -0.39 is 16.3 Å². The van der Waals surface area contributed by atoms with E-state index in [2.05, 4.69) is 85.3 Å². The van der Waals surface area contributed by atoms with Gasteiger partial charge in [0.2, 0.25) is 0 Å². The summed E-state index contributed by atoms with van der Waals surface area (Å²) in [6.07, 6.45) is 0. The number of hydrogen-bond acceptors (Lipinski definition) is 1. The third-order valence-corrected chi connectivity index (χ3v) is 15.3. The van der Waals surface area contributed by atoms with Gasteiger partial charge in [-0.25, -0.2) is 0 Å². The molecule has 0 rings (SSSR count). The van der Waals surface area contributed by atoms with E-state index in [-0.39, 0.29) is 0 Å². The quantitative estimate of drug-likeness (QED) is 0.449. The lowest BCUT2D eigenvalue weighted by Crippen LogP contribution is -2.63. The molecule has 0 aromatic rings. The summed E-state index contributed by atoms with van der Waals surface area (Å²) in [6.45, 7) is 29.9. The van der Waals surface area contributed by atoms with Crippen LogP contribution in [0.25, 0.3) is 0 Å². The number of rotatable bonds is 9. The van der Waals surface area contributed by atoms with Crippen molar-refractivity contribution in [3.8, 4) is 0 Å². The van der Waals surface area contributed by atoms with Crippen LogP contribution in [-0.2, 0) is 0 Å². The first-order valence-corrected chi connectivity index (χ1v) is 14.3. The van der Waals surface area contributed by atoms with Crippen LogP contribution in [0.3, 0.4) is 0 Å². The zero-order chi connectivity index (χ0) is 17.0. The predicted molar refractivity (Wildman–Crippen MR) is 105 cm³/mol. The molecule has 1 nitrogen and oxygen atoms in total. The molecule has 0 aliphatic rings. The van der Waals surface area contributed by atoms with Crippen LogP contribution in [0.2, 0.25) is 35.8 Å². The van der Waals surface area contributed by atoms with Gasteiger partial charge in [0.15, 0.2) is 0 Å². The molecule has 0 aromatic heterocycles. The van der Waals surface area contributed by atoms with Gasteiger partial charge in [0.25, 0.3) is 0 Å². The van der Waals surface area contributed by atoms with Crippen LogP contribution in [0.5, 0.6) is 0 Å². The van der Waals surface area contributed by atoms with Crippen LogP contribution in [0.15, 0.2) is 12.3 Å². The van der Waals surface area contributed by atoms with Gasteiger partial charge < -0.3 is 4.57 Å². The molecule has 0 aliphatic heterocycles. The molecule has 0 amide bonds. The first kappa shape index (κ1) is 21.1. The summed E-state index contributed by atoms with van der Waals surface area (Å²) in [7, 11) is -2.74. The first-order chi connectivity index (χ1) is 9.43. The molecule has 0 N–H and O–H groups in total. The second kappa shape index (κ2) is 8.12. The van der Waals surface area contributed by atoms with Gasteiger partial charge in [0.1, 0.15) is 8.24 Å². The summed E-state index contributed by atoms with van der Waals surface area (Å²) in [5, 5.41) is 0. The second-order valence-corrected chi connectivity index (χ2v) is 19.3. The Morgan fingerprint density at radius 1 is 0.857 bits per heavy atom. The Kier molecular flexibility index (Phi) is 8.17. The van der Waals surface area contributed by atoms with Crippen molar-refractivity contribution in [3.63, 3.8) is 0 Å². The van der Waals surface area contributed by atoms with Gasteiger partial charge >= 0.3 is 0 Å². The summed E-state index contributed by atoms with van der Waals surface area (Å²) in [5.74, 6) is 0. The zero-order valence-electron chi connectivity index (χ0n) is 16.5. The highest BCUT2D eigenvalue weighted by molar-refractivity contribution is 6.83. The summed E-state index contributed by atoms with van der Waals surface area (Å²) in [6, 6.07) is 1.99. The highest BCUT2D eigenvalue weighted by Gasteiger charge is 2.48. The summed E-state index contributed by atoms with van der Waals surface area (Å²) in [4.78, 5) is 0. The Hall–Kier alpha value is 0.134. The monoisotopic (exact) mass is 327 g/mol. The Morgan fingerprint density at radius 3 is 1.48 bits per heavy atom. The Labute approximate surface area is 137 Å². The predicted octanol–water partition coefficient (Wildman–Crippen LogP) is 6.31. The number of hydrogen-bond donors (Lipinski definition) is 0. The SMILES string of the molecule is C=C[Si](C)(C)CCN(C(C)C)[Si](C(C)C)(C(C)C)C(C)C. The molecule has 126 valence electrons. The van der Waals surface area contributed by atoms with Crippen LogP contribution in [-0.4, -0.2) is 33.5 Å². The molecule has 21 heavy (non-hydrogen) atoms. The van der Waals surface area contributed by atoms with Gasteiger partial charge in [0.05, 0.1) is 8.07 Å². The fourth-order valence-electron chi connectivity index (χ4n) is 4.40. The normalized spacial score (nSPS) is 14.0. The van der Waals surface area contributed by atoms with E-state index >= 15 is 0 Å². The van der Waals surface area contributed by atoms with Gasteiger partial charge in [-0.05, 0) is 35.3 Å². The lowest BCUT2D eigenvalue weighted by molar-refractivity contribution is 0.341. The van der Waals surface area contributed by atoms with Crippen LogP contribution >= 0.6 is 0 Å². The van der Waals surface area contributed by atoms with E-state index in [1.54, 1.807) is 0 Å². The van der Waals surface area contributed by atoms with Gasteiger partial charge in [-0.2, -0.15) is 0 Å². The van der Waals surface area contributed by atoms with E-state index in [1.807, 2.05) is 0 Å². The molecule has 0 unspecified atom stereocenters. The van der Waals surface area contributed by atoms with Crippen LogP contribution in [0.4, 0.5) is 0 Å². The average Bonchev–Trinajstić information content (AvgIpc) is 2.32. The van der Waals surface area contributed by atoms with Gasteiger partial charge in [-0.15, -0.1) is 12.3 Å². The average molecular weight is 328 g/mol. The van der Waals surface area contributed by atoms with Crippen molar-refractivity contribution in [2.45, 2.75) is 97.2 Å². The fraction of sp³-hybridized carbons (Fsp3) is 0.889. The van der Waals surface area contributed by atoms with Crippen molar-refractivity contribution in [1.82, 2.24) is 4.57 Å². The van der Waals surface area contributed by atoms with Gasteiger partial charge in [-0.1, -0.05) is 68.5 Å². The molecule has 0 spiro atoms. The summed E-state index contributed by atoms with van der Waals surface area (Å²) < 4.78 is 2.95. The molecular formula is C18H41NSi2. The third kappa shape index (κ3) is 4.80. The maximum atomic E-state index is 4.08. The molecule has 0 radical (unpaired) electrons. The largest absolute Gasteiger partial charge is 0.321 e. The third-order valence-electron chi connectivity index (χ3n) is 5.45. The standard InChI is InChI=1S/C18H41NSi2/c1-12-20(10,11)14-13-19(15(2)3)21(16(4)5,17(6)7)18(8)9/h12,15-18H,1,13-14H2,2-11H3.